The van der Waals surface area contributed by atoms with Gasteiger partial charge < -0.3 is 10.2 Å². The lowest BCUT2D eigenvalue weighted by Crippen LogP contribution is -2.54. The summed E-state index contributed by atoms with van der Waals surface area (Å²) in [6.45, 7) is 6.58. The van der Waals surface area contributed by atoms with Crippen molar-refractivity contribution < 1.29 is 36.6 Å². The molecule has 2 aliphatic carbocycles. The first-order chi connectivity index (χ1) is 12.6. The van der Waals surface area contributed by atoms with E-state index in [0.29, 0.717) is 0 Å². The molecule has 0 aliphatic heterocycles. The van der Waals surface area contributed by atoms with E-state index in [4.69, 9.17) is 0 Å². The van der Waals surface area contributed by atoms with Gasteiger partial charge in [0, 0.05) is 11.8 Å². The van der Waals surface area contributed by atoms with Gasteiger partial charge >= 0.3 is 12.4 Å². The van der Waals surface area contributed by atoms with Crippen molar-refractivity contribution in [2.24, 2.45) is 17.3 Å². The van der Waals surface area contributed by atoms with Crippen LogP contribution in [0.1, 0.15) is 34.6 Å². The summed E-state index contributed by atoms with van der Waals surface area (Å²) in [5, 5.41) is 20.1. The van der Waals surface area contributed by atoms with Gasteiger partial charge in [-0.3, -0.25) is 0 Å². The predicted octanol–water partition coefficient (Wildman–Crippen LogP) is 5.25. The van der Waals surface area contributed by atoms with E-state index in [1.54, 1.807) is 0 Å². The molecular formula is C20H24F6O2. The van der Waals surface area contributed by atoms with Crippen molar-refractivity contribution in [1.82, 2.24) is 0 Å². The molecule has 0 aromatic carbocycles. The molecule has 0 heterocycles. The Kier molecular flexibility index (Phi) is 5.73. The Morgan fingerprint density at radius 3 is 1.68 bits per heavy atom. The highest BCUT2D eigenvalue weighted by atomic mass is 19.4. The molecule has 1 unspecified atom stereocenters. The van der Waals surface area contributed by atoms with E-state index in [1.807, 2.05) is 0 Å². The number of aliphatic hydroxyl groups excluding tert-OH is 2. The second-order valence-corrected chi connectivity index (χ2v) is 7.78. The van der Waals surface area contributed by atoms with Crippen LogP contribution in [0.25, 0.3) is 0 Å². The Bertz CT molecular complexity index is 753. The quantitative estimate of drug-likeness (QED) is 0.610. The van der Waals surface area contributed by atoms with Crippen molar-refractivity contribution in [2.45, 2.75) is 59.2 Å². The first-order valence-corrected chi connectivity index (χ1v) is 8.86. The van der Waals surface area contributed by atoms with Gasteiger partial charge in [-0.05, 0) is 43.1 Å². The van der Waals surface area contributed by atoms with Gasteiger partial charge in [0.15, 0.2) is 0 Å². The van der Waals surface area contributed by atoms with Gasteiger partial charge in [0.25, 0.3) is 0 Å². The largest absolute Gasteiger partial charge is 0.411 e. The summed E-state index contributed by atoms with van der Waals surface area (Å²) < 4.78 is 86.0. The van der Waals surface area contributed by atoms with Gasteiger partial charge in [-0.2, -0.15) is 26.3 Å². The molecule has 28 heavy (non-hydrogen) atoms. The Morgan fingerprint density at radius 2 is 1.25 bits per heavy atom. The lowest BCUT2D eigenvalue weighted by molar-refractivity contribution is -0.309. The molecule has 0 aromatic heterocycles. The van der Waals surface area contributed by atoms with Crippen molar-refractivity contribution in [2.75, 3.05) is 0 Å². The molecule has 0 bridgehead atoms. The average molecular weight is 410 g/mol. The molecule has 2 aliphatic rings. The summed E-state index contributed by atoms with van der Waals surface area (Å²) in [7, 11) is 0. The molecule has 0 saturated heterocycles. The maximum absolute atomic E-state index is 14.3. The maximum Gasteiger partial charge on any atom is 0.411 e. The van der Waals surface area contributed by atoms with Gasteiger partial charge in [-0.25, -0.2) is 0 Å². The highest BCUT2D eigenvalue weighted by molar-refractivity contribution is 5.53. The number of aliphatic hydroxyl groups is 2. The van der Waals surface area contributed by atoms with Gasteiger partial charge in [0.1, 0.15) is 0 Å². The molecule has 4 atom stereocenters. The van der Waals surface area contributed by atoms with Gasteiger partial charge in [-0.15, -0.1) is 0 Å². The second-order valence-electron chi connectivity index (χ2n) is 7.78. The first kappa shape index (κ1) is 22.7. The molecule has 2 N–H and O–H groups in total. The van der Waals surface area contributed by atoms with Gasteiger partial charge in [-0.1, -0.05) is 37.6 Å². The molecule has 0 saturated carbocycles. The van der Waals surface area contributed by atoms with Crippen LogP contribution in [0.15, 0.2) is 46.1 Å². The molecule has 0 fully saturated rings. The summed E-state index contributed by atoms with van der Waals surface area (Å²) in [6, 6.07) is 0. The summed E-state index contributed by atoms with van der Waals surface area (Å²) >= 11 is 0. The van der Waals surface area contributed by atoms with Crippen LogP contribution < -0.4 is 0 Å². The number of allylic oxidation sites excluding steroid dienone is 4. The fourth-order valence-corrected chi connectivity index (χ4v) is 4.06. The minimum Gasteiger partial charge on any atom is -0.388 e. The molecule has 0 aromatic rings. The minimum atomic E-state index is -5.69. The molecule has 0 amide bonds. The van der Waals surface area contributed by atoms with E-state index in [1.165, 1.54) is 34.6 Å². The zero-order chi connectivity index (χ0) is 21.8. The number of hydrogen-bond donors (Lipinski definition) is 2. The molecule has 8 heteroatoms. The van der Waals surface area contributed by atoms with E-state index in [2.05, 4.69) is 0 Å². The van der Waals surface area contributed by atoms with Crippen LogP contribution >= 0.6 is 0 Å². The minimum absolute atomic E-state index is 0.0331. The Labute approximate surface area is 159 Å². The van der Waals surface area contributed by atoms with Crippen LogP contribution in [0, 0.1) is 17.3 Å². The number of rotatable bonds is 2. The molecular weight excluding hydrogens is 386 g/mol. The van der Waals surface area contributed by atoms with E-state index in [9.17, 15) is 36.6 Å². The van der Waals surface area contributed by atoms with Crippen LogP contribution in [0.4, 0.5) is 26.3 Å². The van der Waals surface area contributed by atoms with Crippen LogP contribution in [0.5, 0.6) is 0 Å². The third kappa shape index (κ3) is 3.24. The van der Waals surface area contributed by atoms with E-state index < -0.39 is 53.0 Å². The van der Waals surface area contributed by atoms with Crippen molar-refractivity contribution in [1.29, 1.82) is 0 Å². The second kappa shape index (κ2) is 7.06. The lowest BCUT2D eigenvalue weighted by atomic mass is 9.64. The highest BCUT2D eigenvalue weighted by Crippen LogP contribution is 2.62. The lowest BCUT2D eigenvalue weighted by Gasteiger charge is -2.44. The third-order valence-electron chi connectivity index (χ3n) is 5.90. The SMILES string of the molecule is CC1=CC(C(C2=C[C@H](C)[C@H](O)C(C)=C2)(C(F)(F)F)C(F)(F)F)=C(C)C(C)[C@@H]1O. The molecule has 158 valence electrons. The van der Waals surface area contributed by atoms with Crippen molar-refractivity contribution in [3.8, 4) is 0 Å². The summed E-state index contributed by atoms with van der Waals surface area (Å²) in [6.07, 6.45) is -11.2. The fourth-order valence-electron chi connectivity index (χ4n) is 4.06. The Morgan fingerprint density at radius 1 is 0.786 bits per heavy atom. The molecule has 0 radical (unpaired) electrons. The Hall–Kier alpha value is -1.54. The van der Waals surface area contributed by atoms with Crippen molar-refractivity contribution in [3.05, 3.63) is 46.1 Å². The number of alkyl halides is 6. The van der Waals surface area contributed by atoms with E-state index in [-0.39, 0.29) is 16.7 Å². The smallest absolute Gasteiger partial charge is 0.388 e. The van der Waals surface area contributed by atoms with Crippen LogP contribution in [0.2, 0.25) is 0 Å². The fraction of sp³-hybridized carbons (Fsp3) is 0.600. The average Bonchev–Trinajstić information content (AvgIpc) is 2.53. The maximum atomic E-state index is 14.3. The third-order valence-corrected chi connectivity index (χ3v) is 5.90. The van der Waals surface area contributed by atoms with Crippen LogP contribution in [0.3, 0.4) is 0 Å². The van der Waals surface area contributed by atoms with Crippen LogP contribution in [-0.2, 0) is 0 Å². The van der Waals surface area contributed by atoms with Crippen LogP contribution in [-0.4, -0.2) is 34.8 Å². The molecule has 2 rings (SSSR count). The topological polar surface area (TPSA) is 40.5 Å². The Balaban J connectivity index is 2.97. The monoisotopic (exact) mass is 410 g/mol. The van der Waals surface area contributed by atoms with Gasteiger partial charge in [0.05, 0.1) is 12.2 Å². The normalized spacial score (nSPS) is 30.1. The van der Waals surface area contributed by atoms with Gasteiger partial charge in [0.2, 0.25) is 5.41 Å². The first-order valence-electron chi connectivity index (χ1n) is 8.86. The van der Waals surface area contributed by atoms with Crippen molar-refractivity contribution in [3.63, 3.8) is 0 Å². The summed E-state index contributed by atoms with van der Waals surface area (Å²) in [5.41, 5.74) is -6.22. The predicted molar refractivity (Wildman–Crippen MR) is 93.2 cm³/mol. The number of hydrogen-bond acceptors (Lipinski definition) is 2. The molecule has 2 nitrogen and oxygen atoms in total. The molecule has 0 spiro atoms. The van der Waals surface area contributed by atoms with Crippen molar-refractivity contribution >= 4 is 0 Å². The summed E-state index contributed by atoms with van der Waals surface area (Å²) in [4.78, 5) is 0. The van der Waals surface area contributed by atoms with E-state index >= 15 is 0 Å². The highest BCUT2D eigenvalue weighted by Gasteiger charge is 2.74. The zero-order valence-electron chi connectivity index (χ0n) is 16.2. The zero-order valence-corrected chi connectivity index (χ0v) is 16.2. The summed E-state index contributed by atoms with van der Waals surface area (Å²) in [5.74, 6) is -1.82. The van der Waals surface area contributed by atoms with E-state index in [0.717, 1.165) is 18.2 Å². The standard InChI is InChI=1S/C20H24F6O2/c1-9-6-14(7-10(2)16(9)27)18(19(21,22)23,20(24,25)26)15-8-11(3)17(28)13(5)12(15)4/h6-9,13,16-17,27-28H,1-5H3/t9-,13?,16-,17+/m0/s1. The number of halogens is 6.